The smallest absolute Gasteiger partial charge is 0.232 e. The molecule has 1 aromatic rings. The third kappa shape index (κ3) is 4.51. The molecular formula is C20H28N2O4S. The average molecular weight is 393 g/mol. The minimum atomic E-state index is -2.96. The van der Waals surface area contributed by atoms with E-state index in [1.165, 1.54) is 0 Å². The lowest BCUT2D eigenvalue weighted by Crippen LogP contribution is -2.54. The van der Waals surface area contributed by atoms with Crippen LogP contribution in [0.4, 0.5) is 0 Å². The van der Waals surface area contributed by atoms with Gasteiger partial charge in [0.2, 0.25) is 11.8 Å². The summed E-state index contributed by atoms with van der Waals surface area (Å²) in [5, 5.41) is 0. The van der Waals surface area contributed by atoms with E-state index in [2.05, 4.69) is 0 Å². The van der Waals surface area contributed by atoms with Crippen LogP contribution in [-0.4, -0.2) is 67.7 Å². The third-order valence-electron chi connectivity index (χ3n) is 5.74. The van der Waals surface area contributed by atoms with Crippen molar-refractivity contribution in [1.82, 2.24) is 9.80 Å². The van der Waals surface area contributed by atoms with E-state index < -0.39 is 15.3 Å². The maximum atomic E-state index is 13.0. The summed E-state index contributed by atoms with van der Waals surface area (Å²) in [5.41, 5.74) is 0.377. The van der Waals surface area contributed by atoms with E-state index in [9.17, 15) is 18.0 Å². The monoisotopic (exact) mass is 392 g/mol. The molecule has 0 bridgehead atoms. The largest absolute Gasteiger partial charge is 0.339 e. The van der Waals surface area contributed by atoms with Crippen molar-refractivity contribution < 1.29 is 18.0 Å². The van der Waals surface area contributed by atoms with E-state index in [0.29, 0.717) is 39.0 Å². The lowest BCUT2D eigenvalue weighted by Gasteiger charge is -2.39. The van der Waals surface area contributed by atoms with E-state index in [1.807, 2.05) is 49.1 Å². The zero-order valence-electron chi connectivity index (χ0n) is 16.1. The van der Waals surface area contributed by atoms with E-state index in [1.54, 1.807) is 4.90 Å². The summed E-state index contributed by atoms with van der Waals surface area (Å²) in [5.74, 6) is 0.345. The number of nitrogens with zero attached hydrogens (tertiary/aromatic N) is 2. The molecule has 7 heteroatoms. The second kappa shape index (κ2) is 7.62. The van der Waals surface area contributed by atoms with Gasteiger partial charge in [-0.3, -0.25) is 9.59 Å². The van der Waals surface area contributed by atoms with Gasteiger partial charge in [-0.15, -0.1) is 0 Å². The van der Waals surface area contributed by atoms with Gasteiger partial charge in [-0.2, -0.15) is 0 Å². The van der Waals surface area contributed by atoms with Crippen LogP contribution >= 0.6 is 0 Å². The quantitative estimate of drug-likeness (QED) is 0.778. The molecule has 2 aliphatic rings. The third-order valence-corrected chi connectivity index (χ3v) is 7.58. The van der Waals surface area contributed by atoms with E-state index in [0.717, 1.165) is 5.56 Å². The molecule has 0 N–H and O–H groups in total. The molecule has 0 spiro atoms. The van der Waals surface area contributed by atoms with Gasteiger partial charge in [0.15, 0.2) is 9.84 Å². The molecule has 1 unspecified atom stereocenters. The van der Waals surface area contributed by atoms with Gasteiger partial charge in [0, 0.05) is 32.6 Å². The van der Waals surface area contributed by atoms with Gasteiger partial charge in [-0.1, -0.05) is 30.3 Å². The Bertz CT molecular complexity index is 797. The number of hydrogen-bond acceptors (Lipinski definition) is 4. The number of hydrogen-bond donors (Lipinski definition) is 0. The van der Waals surface area contributed by atoms with Gasteiger partial charge in [0.05, 0.1) is 16.9 Å². The van der Waals surface area contributed by atoms with Crippen molar-refractivity contribution in [3.8, 4) is 0 Å². The second-order valence-corrected chi connectivity index (χ2v) is 10.4. The Balaban J connectivity index is 1.54. The number of benzene rings is 1. The van der Waals surface area contributed by atoms with Crippen LogP contribution in [0, 0.1) is 5.92 Å². The fraction of sp³-hybridized carbons (Fsp3) is 0.600. The predicted octanol–water partition coefficient (Wildman–Crippen LogP) is 1.46. The maximum absolute atomic E-state index is 13.0. The van der Waals surface area contributed by atoms with Crippen LogP contribution in [0.25, 0.3) is 0 Å². The van der Waals surface area contributed by atoms with Gasteiger partial charge in [0.1, 0.15) is 0 Å². The molecular weight excluding hydrogens is 364 g/mol. The molecule has 2 fully saturated rings. The lowest BCUT2D eigenvalue weighted by molar-refractivity contribution is -0.143. The molecule has 2 aliphatic heterocycles. The molecule has 2 amide bonds. The highest BCUT2D eigenvalue weighted by atomic mass is 32.2. The molecule has 2 heterocycles. The van der Waals surface area contributed by atoms with Crippen LogP contribution in [0.15, 0.2) is 30.3 Å². The minimum absolute atomic E-state index is 0.00604. The highest BCUT2D eigenvalue weighted by Gasteiger charge is 2.36. The van der Waals surface area contributed by atoms with Crippen molar-refractivity contribution in [2.75, 3.05) is 37.7 Å². The van der Waals surface area contributed by atoms with E-state index in [-0.39, 0.29) is 29.2 Å². The molecule has 6 nitrogen and oxygen atoms in total. The molecule has 0 radical (unpaired) electrons. The maximum Gasteiger partial charge on any atom is 0.232 e. The van der Waals surface area contributed by atoms with Gasteiger partial charge in [-0.25, -0.2) is 8.42 Å². The zero-order chi connectivity index (χ0) is 19.7. The van der Waals surface area contributed by atoms with Crippen LogP contribution in [0.3, 0.4) is 0 Å². The van der Waals surface area contributed by atoms with Crippen molar-refractivity contribution in [1.29, 1.82) is 0 Å². The highest BCUT2D eigenvalue weighted by molar-refractivity contribution is 7.91. The molecule has 27 heavy (non-hydrogen) atoms. The molecule has 0 saturated carbocycles. The van der Waals surface area contributed by atoms with Gasteiger partial charge >= 0.3 is 0 Å². The fourth-order valence-corrected chi connectivity index (χ4v) is 5.80. The first-order valence-electron chi connectivity index (χ1n) is 9.52. The van der Waals surface area contributed by atoms with Crippen molar-refractivity contribution in [3.05, 3.63) is 35.9 Å². The Kier molecular flexibility index (Phi) is 5.60. The number of carbonyl (C=O) groups excluding carboxylic acids is 2. The summed E-state index contributed by atoms with van der Waals surface area (Å²) in [4.78, 5) is 29.1. The van der Waals surface area contributed by atoms with Crippen LogP contribution in [0.5, 0.6) is 0 Å². The Morgan fingerprint density at radius 3 is 2.19 bits per heavy atom. The molecule has 0 aliphatic carbocycles. The summed E-state index contributed by atoms with van der Waals surface area (Å²) >= 11 is 0. The number of carbonyl (C=O) groups is 2. The number of amides is 2. The zero-order valence-corrected chi connectivity index (χ0v) is 16.9. The van der Waals surface area contributed by atoms with Crippen LogP contribution < -0.4 is 0 Å². The van der Waals surface area contributed by atoms with Gasteiger partial charge < -0.3 is 9.80 Å². The van der Waals surface area contributed by atoms with Crippen molar-refractivity contribution in [2.24, 2.45) is 5.92 Å². The lowest BCUT2D eigenvalue weighted by atomic mass is 9.83. The summed E-state index contributed by atoms with van der Waals surface area (Å²) < 4.78 is 23.1. The summed E-state index contributed by atoms with van der Waals surface area (Å²) in [6, 6.07) is 9.74. The van der Waals surface area contributed by atoms with Gasteiger partial charge in [0.25, 0.3) is 0 Å². The van der Waals surface area contributed by atoms with Crippen LogP contribution in [0.2, 0.25) is 0 Å². The van der Waals surface area contributed by atoms with Gasteiger partial charge in [-0.05, 0) is 31.7 Å². The highest BCUT2D eigenvalue weighted by Crippen LogP contribution is 2.27. The Hall–Kier alpha value is -1.89. The fourth-order valence-electron chi connectivity index (χ4n) is 3.94. The minimum Gasteiger partial charge on any atom is -0.339 e. The summed E-state index contributed by atoms with van der Waals surface area (Å²) in [7, 11) is -2.96. The number of rotatable bonds is 4. The summed E-state index contributed by atoms with van der Waals surface area (Å²) in [6.07, 6.45) is 0.875. The standard InChI is InChI=1S/C20H28N2O4S/c1-20(2,17-6-4-3-5-7-17)19(24)22-11-9-21(10-12-22)18(23)14-16-8-13-27(25,26)15-16/h3-7,16H,8-15H2,1-2H3. The predicted molar refractivity (Wildman–Crippen MR) is 104 cm³/mol. The molecule has 2 saturated heterocycles. The Morgan fingerprint density at radius 1 is 1.04 bits per heavy atom. The van der Waals surface area contributed by atoms with E-state index in [4.69, 9.17) is 0 Å². The van der Waals surface area contributed by atoms with Crippen molar-refractivity contribution in [2.45, 2.75) is 32.1 Å². The van der Waals surface area contributed by atoms with Crippen molar-refractivity contribution >= 4 is 21.7 Å². The first-order valence-corrected chi connectivity index (χ1v) is 11.3. The summed E-state index contributed by atoms with van der Waals surface area (Å²) in [6.45, 7) is 5.92. The molecule has 3 rings (SSSR count). The molecule has 1 atom stereocenters. The van der Waals surface area contributed by atoms with Crippen molar-refractivity contribution in [3.63, 3.8) is 0 Å². The number of sulfone groups is 1. The normalized spacial score (nSPS) is 22.7. The molecule has 148 valence electrons. The van der Waals surface area contributed by atoms with Crippen LogP contribution in [-0.2, 0) is 24.8 Å². The number of piperazine rings is 1. The van der Waals surface area contributed by atoms with E-state index >= 15 is 0 Å². The topological polar surface area (TPSA) is 74.8 Å². The molecule has 1 aromatic carbocycles. The average Bonchev–Trinajstić information content (AvgIpc) is 3.00. The Morgan fingerprint density at radius 2 is 1.63 bits per heavy atom. The SMILES string of the molecule is CC(C)(C(=O)N1CCN(C(=O)CC2CCS(=O)(=O)C2)CC1)c1ccccc1. The second-order valence-electron chi connectivity index (χ2n) is 8.14. The molecule has 0 aromatic heterocycles. The first kappa shape index (κ1) is 19.9. The Labute approximate surface area is 161 Å². The van der Waals surface area contributed by atoms with Crippen LogP contribution in [0.1, 0.15) is 32.3 Å². The first-order chi connectivity index (χ1) is 12.7.